The molecule has 0 aliphatic heterocycles. The minimum Gasteiger partial charge on any atom is -0.537 e. The molecule has 0 aliphatic carbocycles. The first-order valence-electron chi connectivity index (χ1n) is 4.05. The molecule has 0 radical (unpaired) electrons. The molecule has 0 atom stereocenters. The summed E-state index contributed by atoms with van der Waals surface area (Å²) in [6.45, 7) is 0. The van der Waals surface area contributed by atoms with Crippen molar-refractivity contribution >= 4 is 5.97 Å². The van der Waals surface area contributed by atoms with Gasteiger partial charge < -0.3 is 14.3 Å². The van der Waals surface area contributed by atoms with E-state index in [9.17, 15) is 9.90 Å². The van der Waals surface area contributed by atoms with Crippen LogP contribution >= 0.6 is 0 Å². The van der Waals surface area contributed by atoms with E-state index < -0.39 is 5.97 Å². The maximum atomic E-state index is 10.6. The normalized spacial score (nSPS) is 10.0. The lowest BCUT2D eigenvalue weighted by molar-refractivity contribution is -0.605. The molecule has 0 unspecified atom stereocenters. The highest BCUT2D eigenvalue weighted by atomic mass is 16.4. The van der Waals surface area contributed by atoms with Gasteiger partial charge in [0.05, 0.1) is 0 Å². The molecule has 0 aliphatic rings. The molecular formula is C10H7NO3. The zero-order chi connectivity index (χ0) is 9.97. The Morgan fingerprint density at radius 2 is 2.00 bits per heavy atom. The van der Waals surface area contributed by atoms with Crippen LogP contribution in [0.4, 0.5) is 0 Å². The molecule has 1 heterocycles. The summed E-state index contributed by atoms with van der Waals surface area (Å²) in [6.07, 6.45) is 2.83. The summed E-state index contributed by atoms with van der Waals surface area (Å²) in [4.78, 5) is 10.6. The minimum atomic E-state index is -1.33. The zero-order valence-electron chi connectivity index (χ0n) is 7.21. The second-order valence-corrected chi connectivity index (χ2v) is 2.70. The monoisotopic (exact) mass is 189 g/mol. The molecule has 0 saturated carbocycles. The Hall–Kier alpha value is -2.10. The Kier molecular flexibility index (Phi) is 2.02. The first kappa shape index (κ1) is 8.50. The van der Waals surface area contributed by atoms with Crippen molar-refractivity contribution in [1.29, 1.82) is 0 Å². The molecule has 4 nitrogen and oxygen atoms in total. The Labute approximate surface area is 80.0 Å². The number of nitrogens with zero attached hydrogens (tertiary/aromatic N) is 1. The van der Waals surface area contributed by atoms with E-state index in [4.69, 9.17) is 4.42 Å². The van der Waals surface area contributed by atoms with Crippen molar-refractivity contribution in [1.82, 2.24) is 0 Å². The quantitative estimate of drug-likeness (QED) is 0.621. The second-order valence-electron chi connectivity index (χ2n) is 2.70. The average Bonchev–Trinajstić information content (AvgIpc) is 2.67. The van der Waals surface area contributed by atoms with E-state index in [-0.39, 0.29) is 5.89 Å². The molecule has 0 fully saturated rings. The van der Waals surface area contributed by atoms with E-state index in [1.165, 1.54) is 17.0 Å². The van der Waals surface area contributed by atoms with Gasteiger partial charge >= 0.3 is 5.89 Å². The highest BCUT2D eigenvalue weighted by molar-refractivity contribution is 5.78. The third-order valence-corrected chi connectivity index (χ3v) is 1.82. The van der Waals surface area contributed by atoms with Crippen LogP contribution < -0.4 is 9.67 Å². The molecule has 0 amide bonds. The minimum absolute atomic E-state index is 0.212. The highest BCUT2D eigenvalue weighted by Gasteiger charge is 2.17. The van der Waals surface area contributed by atoms with Crippen LogP contribution in [0.1, 0.15) is 10.7 Å². The topological polar surface area (TPSA) is 57.1 Å². The number of benzene rings is 1. The first-order chi connectivity index (χ1) is 6.79. The van der Waals surface area contributed by atoms with Crippen molar-refractivity contribution in [3.63, 3.8) is 0 Å². The largest absolute Gasteiger partial charge is 0.537 e. The van der Waals surface area contributed by atoms with Crippen LogP contribution in [0.5, 0.6) is 0 Å². The maximum Gasteiger partial charge on any atom is 0.402 e. The van der Waals surface area contributed by atoms with Crippen LogP contribution in [0.3, 0.4) is 0 Å². The van der Waals surface area contributed by atoms with Gasteiger partial charge in [0.25, 0.3) is 0 Å². The number of aromatic carboxylic acids is 1. The molecule has 1 aromatic heterocycles. The summed E-state index contributed by atoms with van der Waals surface area (Å²) in [7, 11) is 0. The van der Waals surface area contributed by atoms with E-state index in [0.29, 0.717) is 0 Å². The lowest BCUT2D eigenvalue weighted by atomic mass is 10.3. The average molecular weight is 189 g/mol. The predicted molar refractivity (Wildman–Crippen MR) is 44.6 cm³/mol. The fourth-order valence-electron chi connectivity index (χ4n) is 1.22. The first-order valence-corrected chi connectivity index (χ1v) is 4.05. The van der Waals surface area contributed by atoms with Gasteiger partial charge in [0.15, 0.2) is 12.2 Å². The van der Waals surface area contributed by atoms with Crippen LogP contribution in [0.25, 0.3) is 5.69 Å². The number of carboxylic acid groups (broad SMARTS) is 1. The molecule has 1 aromatic carbocycles. The number of hydrogen-bond acceptors (Lipinski definition) is 3. The van der Waals surface area contributed by atoms with Gasteiger partial charge in [-0.25, -0.2) is 0 Å². The fraction of sp³-hybridized carbons (Fsp3) is 0. The van der Waals surface area contributed by atoms with Gasteiger partial charge in [0.2, 0.25) is 11.9 Å². The number of hydrogen-bond donors (Lipinski definition) is 0. The SMILES string of the molecule is O=C([O-])c1occ[n+]1-c1ccccc1. The number of rotatable bonds is 2. The van der Waals surface area contributed by atoms with Crippen LogP contribution in [0.15, 0.2) is 47.2 Å². The Morgan fingerprint density at radius 1 is 1.29 bits per heavy atom. The van der Waals surface area contributed by atoms with E-state index in [2.05, 4.69) is 0 Å². The summed E-state index contributed by atoms with van der Waals surface area (Å²) in [5, 5.41) is 10.6. The molecule has 2 rings (SSSR count). The third kappa shape index (κ3) is 1.37. The van der Waals surface area contributed by atoms with Gasteiger partial charge in [0.1, 0.15) is 0 Å². The van der Waals surface area contributed by atoms with Gasteiger partial charge in [-0.2, -0.15) is 0 Å². The molecule has 70 valence electrons. The van der Waals surface area contributed by atoms with Crippen molar-refractivity contribution < 1.29 is 18.9 Å². The highest BCUT2D eigenvalue weighted by Crippen LogP contribution is 2.01. The Balaban J connectivity index is 2.52. The summed E-state index contributed by atoms with van der Waals surface area (Å²) < 4.78 is 6.19. The van der Waals surface area contributed by atoms with E-state index in [0.717, 1.165) is 5.69 Å². The molecule has 0 N–H and O–H groups in total. The Morgan fingerprint density at radius 3 is 2.64 bits per heavy atom. The molecule has 2 aromatic rings. The molecule has 4 heteroatoms. The smallest absolute Gasteiger partial charge is 0.402 e. The van der Waals surface area contributed by atoms with Crippen molar-refractivity contribution in [2.45, 2.75) is 0 Å². The van der Waals surface area contributed by atoms with Gasteiger partial charge in [-0.3, -0.25) is 0 Å². The zero-order valence-corrected chi connectivity index (χ0v) is 7.21. The van der Waals surface area contributed by atoms with Crippen molar-refractivity contribution in [3.8, 4) is 5.69 Å². The van der Waals surface area contributed by atoms with Crippen LogP contribution in [-0.4, -0.2) is 5.97 Å². The number of para-hydroxylation sites is 1. The van der Waals surface area contributed by atoms with E-state index in [1.807, 2.05) is 18.2 Å². The standard InChI is InChI=1S/C10H7NO3/c12-10(13)9-11(6-7-14-9)8-4-2-1-3-5-8/h1-7H. The summed E-state index contributed by atoms with van der Waals surface area (Å²) in [5.74, 6) is -1.55. The van der Waals surface area contributed by atoms with Gasteiger partial charge in [-0.05, 0) is 0 Å². The summed E-state index contributed by atoms with van der Waals surface area (Å²) in [5.41, 5.74) is 0.723. The van der Waals surface area contributed by atoms with Gasteiger partial charge in [0, 0.05) is 12.1 Å². The van der Waals surface area contributed by atoms with Crippen LogP contribution in [0.2, 0.25) is 0 Å². The van der Waals surface area contributed by atoms with Crippen LogP contribution in [-0.2, 0) is 0 Å². The summed E-state index contributed by atoms with van der Waals surface area (Å²) >= 11 is 0. The van der Waals surface area contributed by atoms with Crippen molar-refractivity contribution in [3.05, 3.63) is 48.7 Å². The van der Waals surface area contributed by atoms with E-state index in [1.54, 1.807) is 12.1 Å². The predicted octanol–water partition coefficient (Wildman–Crippen LogP) is -0.0802. The van der Waals surface area contributed by atoms with Gasteiger partial charge in [-0.1, -0.05) is 18.2 Å². The number of carboxylic acids is 1. The number of aromatic nitrogens is 1. The summed E-state index contributed by atoms with van der Waals surface area (Å²) in [6, 6.07) is 9.04. The van der Waals surface area contributed by atoms with E-state index >= 15 is 0 Å². The number of oxazole rings is 1. The fourth-order valence-corrected chi connectivity index (χ4v) is 1.22. The van der Waals surface area contributed by atoms with Crippen molar-refractivity contribution in [2.24, 2.45) is 0 Å². The Bertz CT molecular complexity index is 447. The number of carbonyl (C=O) groups is 1. The molecule has 0 bridgehead atoms. The lowest BCUT2D eigenvalue weighted by Gasteiger charge is -1.95. The number of carbonyl (C=O) groups excluding carboxylic acids is 1. The molecule has 0 saturated heterocycles. The third-order valence-electron chi connectivity index (χ3n) is 1.82. The van der Waals surface area contributed by atoms with Crippen molar-refractivity contribution in [2.75, 3.05) is 0 Å². The molecular weight excluding hydrogens is 182 g/mol. The molecule has 0 spiro atoms. The maximum absolute atomic E-state index is 10.6. The lowest BCUT2D eigenvalue weighted by Crippen LogP contribution is -2.40. The van der Waals surface area contributed by atoms with Crippen LogP contribution in [0, 0.1) is 0 Å². The second kappa shape index (κ2) is 3.33. The molecule has 14 heavy (non-hydrogen) atoms. The van der Waals surface area contributed by atoms with Gasteiger partial charge in [-0.15, -0.1) is 4.57 Å².